The maximum absolute atomic E-state index is 14.9. The number of esters is 1. The summed E-state index contributed by atoms with van der Waals surface area (Å²) in [6, 6.07) is 6.51. The number of hydrogen-bond acceptors (Lipinski definition) is 11. The van der Waals surface area contributed by atoms with Crippen molar-refractivity contribution in [3.05, 3.63) is 36.4 Å². The third-order valence-electron chi connectivity index (χ3n) is 11.7. The molecule has 6 rings (SSSR count). The number of anilines is 1. The Morgan fingerprint density at radius 1 is 1.07 bits per heavy atom. The van der Waals surface area contributed by atoms with Crippen LogP contribution in [0.15, 0.2) is 36.4 Å². The Hall–Kier alpha value is -4.20. The number of hydrogen-bond donors (Lipinski definition) is 1. The van der Waals surface area contributed by atoms with Gasteiger partial charge in [0, 0.05) is 32.3 Å². The molecule has 3 heterocycles. The van der Waals surface area contributed by atoms with Crippen LogP contribution in [0.25, 0.3) is 10.8 Å². The molecule has 7 atom stereocenters. The minimum Gasteiger partial charge on any atom is -0.497 e. The summed E-state index contributed by atoms with van der Waals surface area (Å²) in [5, 5.41) is 0.959. The third kappa shape index (κ3) is 9.32. The van der Waals surface area contributed by atoms with E-state index in [0.29, 0.717) is 43.1 Å². The average molecular weight is 795 g/mol. The van der Waals surface area contributed by atoms with Crippen LogP contribution in [-0.4, -0.2) is 92.6 Å². The second-order valence-electron chi connectivity index (χ2n) is 17.8. The summed E-state index contributed by atoms with van der Waals surface area (Å²) in [6.45, 7) is 9.49. The number of rotatable bonds is 9. The number of ketones is 1. The van der Waals surface area contributed by atoms with Crippen molar-refractivity contribution in [3.8, 4) is 11.6 Å². The van der Waals surface area contributed by atoms with Gasteiger partial charge in [-0.05, 0) is 107 Å². The highest BCUT2D eigenvalue weighted by molar-refractivity contribution is 7.90. The van der Waals surface area contributed by atoms with Crippen LogP contribution in [0.2, 0.25) is 0 Å². The molecular formula is C42H58N4O9S. The van der Waals surface area contributed by atoms with Crippen LogP contribution in [0.3, 0.4) is 0 Å². The molecule has 14 heteroatoms. The number of benzene rings is 1. The molecule has 2 aliphatic heterocycles. The summed E-state index contributed by atoms with van der Waals surface area (Å²) in [4.78, 5) is 65.1. The summed E-state index contributed by atoms with van der Waals surface area (Å²) in [5.41, 5.74) is -2.01. The Bertz CT molecular complexity index is 1990. The highest BCUT2D eigenvalue weighted by Gasteiger charge is 2.61. The number of amides is 2. The monoisotopic (exact) mass is 794 g/mol. The Balaban J connectivity index is 1.37. The van der Waals surface area contributed by atoms with E-state index < -0.39 is 56.2 Å². The predicted octanol–water partition coefficient (Wildman–Crippen LogP) is 5.59. The zero-order valence-electron chi connectivity index (χ0n) is 34.0. The first-order valence-corrected chi connectivity index (χ1v) is 21.5. The van der Waals surface area contributed by atoms with Crippen LogP contribution in [-0.2, 0) is 33.9 Å². The maximum Gasteiger partial charge on any atom is 0.307 e. The second kappa shape index (κ2) is 16.0. The number of aromatic nitrogens is 1. The number of sulfonamides is 1. The SMILES string of the molecule is COc1ccc2c(O[C@@H]3C[C@H]4C(=O)C[C@]5(C(=O)NS(=O)(=O)C6CC6)C[C@H]5/C=C\CC[C@@H](C)C[C@@H](C)[C@H](CC(=O)OC(C)(C)C)C(=O)N4C3)nc(N(C)C)cc2c1. The molecule has 2 aromatic rings. The van der Waals surface area contributed by atoms with E-state index in [2.05, 4.69) is 11.6 Å². The number of nitrogens with one attached hydrogen (secondary N) is 1. The van der Waals surface area contributed by atoms with Gasteiger partial charge in [0.05, 0.1) is 42.7 Å². The number of Topliss-reactive ketones (excluding diaryl/α,β-unsaturated/α-hetero) is 1. The van der Waals surface area contributed by atoms with Gasteiger partial charge < -0.3 is 24.0 Å². The molecule has 2 saturated carbocycles. The van der Waals surface area contributed by atoms with Crippen LogP contribution >= 0.6 is 0 Å². The number of methoxy groups -OCH3 is 1. The highest BCUT2D eigenvalue weighted by Crippen LogP contribution is 2.57. The standard InChI is InChI=1S/C42H58N4O9S/c1-25-11-9-10-12-28-22-42(28,40(50)44-56(51,52)31-14-15-31)23-35(47)34-20-30(24-46(34)39(49)33(26(2)17-25)21-37(48)55-41(3,4)5)54-38-32-16-13-29(53-8)18-27(32)19-36(43-38)45(6)7/h10,12-13,16,18-19,25-26,28,30-31,33-34H,9,11,14-15,17,20-24H2,1-8H3,(H,44,50)/b12-10-/t25-,26-,28-,30-,33+,34+,42-/m1/s1. The zero-order valence-corrected chi connectivity index (χ0v) is 34.8. The fourth-order valence-corrected chi connectivity index (χ4v) is 9.73. The molecule has 1 saturated heterocycles. The van der Waals surface area contributed by atoms with Crippen molar-refractivity contribution in [2.75, 3.05) is 32.6 Å². The lowest BCUT2D eigenvalue weighted by molar-refractivity contribution is -0.160. The smallest absolute Gasteiger partial charge is 0.307 e. The lowest BCUT2D eigenvalue weighted by Crippen LogP contribution is -2.47. The molecule has 0 unspecified atom stereocenters. The molecular weight excluding hydrogens is 737 g/mol. The van der Waals surface area contributed by atoms with Gasteiger partial charge in [-0.1, -0.05) is 26.0 Å². The third-order valence-corrected chi connectivity index (χ3v) is 13.5. The number of ether oxygens (including phenoxy) is 3. The summed E-state index contributed by atoms with van der Waals surface area (Å²) < 4.78 is 46.0. The molecule has 3 fully saturated rings. The minimum absolute atomic E-state index is 0.0481. The van der Waals surface area contributed by atoms with Gasteiger partial charge in [0.15, 0.2) is 5.78 Å². The Labute approximate surface area is 330 Å². The molecule has 0 radical (unpaired) electrons. The predicted molar refractivity (Wildman–Crippen MR) is 213 cm³/mol. The number of nitrogens with zero attached hydrogens (tertiary/aromatic N) is 3. The summed E-state index contributed by atoms with van der Waals surface area (Å²) in [7, 11) is 1.48. The Morgan fingerprint density at radius 2 is 1.80 bits per heavy atom. The lowest BCUT2D eigenvalue weighted by atomic mass is 9.82. The van der Waals surface area contributed by atoms with E-state index in [0.717, 1.165) is 23.6 Å². The molecule has 0 spiro atoms. The molecule has 2 amide bonds. The molecule has 1 aromatic heterocycles. The van der Waals surface area contributed by atoms with E-state index in [1.807, 2.05) is 62.3 Å². The van der Waals surface area contributed by atoms with Crippen LogP contribution in [0.4, 0.5) is 5.82 Å². The number of allylic oxidation sites excluding steroid dienone is 2. The summed E-state index contributed by atoms with van der Waals surface area (Å²) >= 11 is 0. The molecule has 306 valence electrons. The van der Waals surface area contributed by atoms with Gasteiger partial charge in [-0.3, -0.25) is 23.9 Å². The normalized spacial score (nSPS) is 29.3. The fraction of sp³-hybridized carbons (Fsp3) is 0.643. The van der Waals surface area contributed by atoms with Gasteiger partial charge in [0.1, 0.15) is 23.3 Å². The van der Waals surface area contributed by atoms with Crippen molar-refractivity contribution in [2.24, 2.45) is 29.1 Å². The molecule has 1 N–H and O–H groups in total. The minimum atomic E-state index is -3.86. The van der Waals surface area contributed by atoms with E-state index in [4.69, 9.17) is 19.2 Å². The number of carbonyl (C=O) groups is 4. The van der Waals surface area contributed by atoms with E-state index >= 15 is 0 Å². The number of pyridine rings is 1. The number of carbonyl (C=O) groups excluding carboxylic acids is 4. The van der Waals surface area contributed by atoms with Gasteiger partial charge in [-0.25, -0.2) is 8.42 Å². The fourth-order valence-electron chi connectivity index (χ4n) is 8.34. The van der Waals surface area contributed by atoms with Gasteiger partial charge in [0.25, 0.3) is 0 Å². The van der Waals surface area contributed by atoms with Crippen molar-refractivity contribution in [2.45, 2.75) is 115 Å². The van der Waals surface area contributed by atoms with Crippen molar-refractivity contribution in [3.63, 3.8) is 0 Å². The van der Waals surface area contributed by atoms with E-state index in [-0.39, 0.29) is 55.3 Å². The van der Waals surface area contributed by atoms with Gasteiger partial charge in [0.2, 0.25) is 27.7 Å². The lowest BCUT2D eigenvalue weighted by Gasteiger charge is -2.32. The first-order valence-electron chi connectivity index (χ1n) is 19.9. The maximum atomic E-state index is 14.9. The van der Waals surface area contributed by atoms with Crippen molar-refractivity contribution >= 4 is 50.2 Å². The summed E-state index contributed by atoms with van der Waals surface area (Å²) in [6.07, 6.45) is 6.56. The first-order chi connectivity index (χ1) is 26.3. The zero-order chi connectivity index (χ0) is 40.7. The highest BCUT2D eigenvalue weighted by atomic mass is 32.2. The molecule has 1 aromatic carbocycles. The van der Waals surface area contributed by atoms with E-state index in [9.17, 15) is 27.6 Å². The molecule has 4 aliphatic rings. The van der Waals surface area contributed by atoms with Crippen LogP contribution in [0, 0.1) is 29.1 Å². The summed E-state index contributed by atoms with van der Waals surface area (Å²) in [5.74, 6) is -1.33. The quantitative estimate of drug-likeness (QED) is 0.249. The average Bonchev–Trinajstić information content (AvgIpc) is 4.04. The van der Waals surface area contributed by atoms with E-state index in [1.165, 1.54) is 4.90 Å². The van der Waals surface area contributed by atoms with Crippen molar-refractivity contribution < 1.29 is 41.8 Å². The largest absolute Gasteiger partial charge is 0.497 e. The number of fused-ring (bicyclic) bond motifs is 3. The molecule has 13 nitrogen and oxygen atoms in total. The Kier molecular flexibility index (Phi) is 11.8. The topological polar surface area (TPSA) is 162 Å². The van der Waals surface area contributed by atoms with Crippen molar-refractivity contribution in [1.29, 1.82) is 0 Å². The first kappa shape index (κ1) is 41.4. The molecule has 56 heavy (non-hydrogen) atoms. The second-order valence-corrected chi connectivity index (χ2v) is 19.7. The van der Waals surface area contributed by atoms with E-state index in [1.54, 1.807) is 27.9 Å². The van der Waals surface area contributed by atoms with Gasteiger partial charge in [-0.2, -0.15) is 4.98 Å². The van der Waals surface area contributed by atoms with Crippen LogP contribution < -0.4 is 19.1 Å². The van der Waals surface area contributed by atoms with Gasteiger partial charge >= 0.3 is 5.97 Å². The Morgan fingerprint density at radius 3 is 2.46 bits per heavy atom. The van der Waals surface area contributed by atoms with Gasteiger partial charge in [-0.15, -0.1) is 0 Å². The van der Waals surface area contributed by atoms with Crippen LogP contribution in [0.5, 0.6) is 11.6 Å². The van der Waals surface area contributed by atoms with Crippen LogP contribution in [0.1, 0.15) is 92.4 Å². The van der Waals surface area contributed by atoms with Crippen molar-refractivity contribution in [1.82, 2.24) is 14.6 Å². The molecule has 0 bridgehead atoms. The molecule has 2 aliphatic carbocycles.